The molecule has 2 heteroatoms. The molecule has 0 saturated heterocycles. The lowest BCUT2D eigenvalue weighted by molar-refractivity contribution is 0.588. The van der Waals surface area contributed by atoms with Crippen molar-refractivity contribution >= 4 is 0 Å². The zero-order valence-corrected chi connectivity index (χ0v) is 7.95. The first-order valence-corrected chi connectivity index (χ1v) is 4.77. The van der Waals surface area contributed by atoms with E-state index in [4.69, 9.17) is 0 Å². The summed E-state index contributed by atoms with van der Waals surface area (Å²) in [6, 6.07) is 0. The molecule has 0 aliphatic carbocycles. The standard InChI is InChI=1S/C9H22N2/c1-3-4-5-6-7-11-9-8-10-2/h10-11H,3-9H2,1-2H3. The number of unbranched alkanes of at least 4 members (excludes halogenated alkanes) is 3. The van der Waals surface area contributed by atoms with E-state index in [1.165, 1.54) is 32.2 Å². The third kappa shape index (κ3) is 9.92. The first-order valence-electron chi connectivity index (χ1n) is 4.77. The Labute approximate surface area is 70.8 Å². The normalized spacial score (nSPS) is 10.4. The molecule has 0 saturated carbocycles. The molecule has 0 rings (SSSR count). The molecule has 2 N–H and O–H groups in total. The van der Waals surface area contributed by atoms with Crippen molar-refractivity contribution in [2.75, 3.05) is 26.7 Å². The Morgan fingerprint density at radius 2 is 1.73 bits per heavy atom. The average Bonchev–Trinajstić information content (AvgIpc) is 2.03. The topological polar surface area (TPSA) is 24.1 Å². The molecule has 2 nitrogen and oxygen atoms in total. The second kappa shape index (κ2) is 9.92. The average molecular weight is 158 g/mol. The second-order valence-corrected chi connectivity index (χ2v) is 2.91. The minimum Gasteiger partial charge on any atom is -0.318 e. The number of hydrogen-bond acceptors (Lipinski definition) is 2. The van der Waals surface area contributed by atoms with E-state index in [0.29, 0.717) is 0 Å². The first kappa shape index (κ1) is 10.9. The molecule has 68 valence electrons. The lowest BCUT2D eigenvalue weighted by Gasteiger charge is -2.02. The van der Waals surface area contributed by atoms with Crippen LogP contribution in [0.3, 0.4) is 0 Å². The van der Waals surface area contributed by atoms with Gasteiger partial charge in [-0.05, 0) is 20.0 Å². The third-order valence-corrected chi connectivity index (χ3v) is 1.76. The lowest BCUT2D eigenvalue weighted by atomic mass is 10.2. The van der Waals surface area contributed by atoms with E-state index in [-0.39, 0.29) is 0 Å². The molecule has 0 aromatic carbocycles. The molecular weight excluding hydrogens is 136 g/mol. The Balaban J connectivity index is 2.69. The quantitative estimate of drug-likeness (QED) is 0.521. The highest BCUT2D eigenvalue weighted by Crippen LogP contribution is 1.96. The molecule has 0 aliphatic rings. The van der Waals surface area contributed by atoms with E-state index >= 15 is 0 Å². The van der Waals surface area contributed by atoms with Crippen LogP contribution >= 0.6 is 0 Å². The maximum atomic E-state index is 3.38. The van der Waals surface area contributed by atoms with Crippen molar-refractivity contribution in [1.29, 1.82) is 0 Å². The van der Waals surface area contributed by atoms with Crippen molar-refractivity contribution in [1.82, 2.24) is 10.6 Å². The molecule has 0 aromatic heterocycles. The summed E-state index contributed by atoms with van der Waals surface area (Å²) in [5.41, 5.74) is 0. The van der Waals surface area contributed by atoms with Crippen LogP contribution in [0.2, 0.25) is 0 Å². The van der Waals surface area contributed by atoms with Gasteiger partial charge < -0.3 is 10.6 Å². The molecule has 0 amide bonds. The molecule has 0 atom stereocenters. The summed E-state index contributed by atoms with van der Waals surface area (Å²) in [6.07, 6.45) is 5.42. The number of hydrogen-bond donors (Lipinski definition) is 2. The lowest BCUT2D eigenvalue weighted by Crippen LogP contribution is -2.25. The minimum absolute atomic E-state index is 1.08. The number of rotatable bonds is 8. The summed E-state index contributed by atoms with van der Waals surface area (Å²) < 4.78 is 0. The van der Waals surface area contributed by atoms with Gasteiger partial charge >= 0.3 is 0 Å². The maximum Gasteiger partial charge on any atom is 0.00766 e. The van der Waals surface area contributed by atoms with Crippen LogP contribution in [-0.2, 0) is 0 Å². The van der Waals surface area contributed by atoms with Gasteiger partial charge in [-0.2, -0.15) is 0 Å². The Hall–Kier alpha value is -0.0800. The molecule has 0 unspecified atom stereocenters. The van der Waals surface area contributed by atoms with Gasteiger partial charge in [0.05, 0.1) is 0 Å². The van der Waals surface area contributed by atoms with Gasteiger partial charge in [0.2, 0.25) is 0 Å². The highest BCUT2D eigenvalue weighted by atomic mass is 14.9. The summed E-state index contributed by atoms with van der Waals surface area (Å²) >= 11 is 0. The highest BCUT2D eigenvalue weighted by molar-refractivity contribution is 4.49. The van der Waals surface area contributed by atoms with E-state index in [1.807, 2.05) is 7.05 Å². The molecule has 0 aromatic rings. The van der Waals surface area contributed by atoms with Crippen molar-refractivity contribution in [2.24, 2.45) is 0 Å². The van der Waals surface area contributed by atoms with Gasteiger partial charge in [-0.25, -0.2) is 0 Å². The zero-order valence-electron chi connectivity index (χ0n) is 7.95. The molecule has 0 aliphatic heterocycles. The first-order chi connectivity index (χ1) is 5.41. The summed E-state index contributed by atoms with van der Waals surface area (Å²) in [7, 11) is 1.98. The van der Waals surface area contributed by atoms with Crippen molar-refractivity contribution in [2.45, 2.75) is 32.6 Å². The highest BCUT2D eigenvalue weighted by Gasteiger charge is 1.86. The van der Waals surface area contributed by atoms with Crippen LogP contribution in [0, 0.1) is 0 Å². The number of nitrogens with one attached hydrogen (secondary N) is 2. The fourth-order valence-corrected chi connectivity index (χ4v) is 1.02. The predicted molar refractivity (Wildman–Crippen MR) is 50.9 cm³/mol. The van der Waals surface area contributed by atoms with Crippen LogP contribution in [-0.4, -0.2) is 26.7 Å². The Morgan fingerprint density at radius 3 is 2.36 bits per heavy atom. The monoisotopic (exact) mass is 158 g/mol. The number of likely N-dealkylation sites (N-methyl/N-ethyl adjacent to an activating group) is 1. The molecule has 0 heterocycles. The summed E-state index contributed by atoms with van der Waals surface area (Å²) in [6.45, 7) is 5.60. The van der Waals surface area contributed by atoms with E-state index < -0.39 is 0 Å². The molecule has 11 heavy (non-hydrogen) atoms. The van der Waals surface area contributed by atoms with E-state index in [0.717, 1.165) is 13.1 Å². The fourth-order valence-electron chi connectivity index (χ4n) is 1.02. The molecule has 0 bridgehead atoms. The Morgan fingerprint density at radius 1 is 0.909 bits per heavy atom. The molecule has 0 radical (unpaired) electrons. The SMILES string of the molecule is CCCCCCNCCNC. The maximum absolute atomic E-state index is 3.38. The third-order valence-electron chi connectivity index (χ3n) is 1.76. The van der Waals surface area contributed by atoms with Gasteiger partial charge in [-0.1, -0.05) is 26.2 Å². The van der Waals surface area contributed by atoms with E-state index in [1.54, 1.807) is 0 Å². The van der Waals surface area contributed by atoms with Crippen LogP contribution in [0.4, 0.5) is 0 Å². The molecule has 0 fully saturated rings. The van der Waals surface area contributed by atoms with Gasteiger partial charge in [-0.3, -0.25) is 0 Å². The second-order valence-electron chi connectivity index (χ2n) is 2.91. The van der Waals surface area contributed by atoms with Gasteiger partial charge in [0.25, 0.3) is 0 Å². The molecular formula is C9H22N2. The van der Waals surface area contributed by atoms with Crippen molar-refractivity contribution in [3.8, 4) is 0 Å². The van der Waals surface area contributed by atoms with Crippen molar-refractivity contribution in [3.05, 3.63) is 0 Å². The van der Waals surface area contributed by atoms with E-state index in [9.17, 15) is 0 Å². The van der Waals surface area contributed by atoms with Crippen LogP contribution in [0.1, 0.15) is 32.6 Å². The minimum atomic E-state index is 1.08. The van der Waals surface area contributed by atoms with Crippen LogP contribution in [0.25, 0.3) is 0 Å². The van der Waals surface area contributed by atoms with E-state index in [2.05, 4.69) is 17.6 Å². The van der Waals surface area contributed by atoms with Gasteiger partial charge in [0.1, 0.15) is 0 Å². The van der Waals surface area contributed by atoms with Crippen molar-refractivity contribution < 1.29 is 0 Å². The smallest absolute Gasteiger partial charge is 0.00766 e. The van der Waals surface area contributed by atoms with Crippen LogP contribution in [0.5, 0.6) is 0 Å². The Kier molecular flexibility index (Phi) is 9.85. The van der Waals surface area contributed by atoms with Gasteiger partial charge in [0, 0.05) is 13.1 Å². The summed E-state index contributed by atoms with van der Waals surface area (Å²) in [5, 5.41) is 6.49. The van der Waals surface area contributed by atoms with Crippen LogP contribution in [0.15, 0.2) is 0 Å². The fraction of sp³-hybridized carbons (Fsp3) is 1.00. The predicted octanol–water partition coefficient (Wildman–Crippen LogP) is 1.38. The molecule has 0 spiro atoms. The van der Waals surface area contributed by atoms with Crippen molar-refractivity contribution in [3.63, 3.8) is 0 Å². The van der Waals surface area contributed by atoms with Crippen LogP contribution < -0.4 is 10.6 Å². The largest absolute Gasteiger partial charge is 0.318 e. The summed E-state index contributed by atoms with van der Waals surface area (Å²) in [5.74, 6) is 0. The Bertz CT molecular complexity index is 56.6. The summed E-state index contributed by atoms with van der Waals surface area (Å²) in [4.78, 5) is 0. The zero-order chi connectivity index (χ0) is 8.36. The van der Waals surface area contributed by atoms with Gasteiger partial charge in [0.15, 0.2) is 0 Å². The van der Waals surface area contributed by atoms with Gasteiger partial charge in [-0.15, -0.1) is 0 Å².